The van der Waals surface area contributed by atoms with E-state index in [1.54, 1.807) is 30.6 Å². The van der Waals surface area contributed by atoms with Crippen molar-refractivity contribution in [3.8, 4) is 0 Å². The molecule has 0 spiro atoms. The Balaban J connectivity index is 0.00000242. The van der Waals surface area contributed by atoms with Crippen molar-refractivity contribution in [2.75, 3.05) is 13.6 Å². The van der Waals surface area contributed by atoms with Gasteiger partial charge in [0.25, 0.3) is 0 Å². The third-order valence-corrected chi connectivity index (χ3v) is 3.93. The van der Waals surface area contributed by atoms with Crippen LogP contribution in [0.5, 0.6) is 0 Å². The van der Waals surface area contributed by atoms with Crippen LogP contribution in [-0.4, -0.2) is 29.5 Å². The van der Waals surface area contributed by atoms with Gasteiger partial charge in [-0.3, -0.25) is 4.99 Å². The monoisotopic (exact) mass is 451 g/mol. The maximum absolute atomic E-state index is 5.76. The molecular weight excluding hydrogens is 433 g/mol. The van der Waals surface area contributed by atoms with Gasteiger partial charge in [0.15, 0.2) is 5.96 Å². The normalized spacial score (nSPS) is 11.0. The Hall–Kier alpha value is -0.930. The smallest absolute Gasteiger partial charge is 0.191 e. The van der Waals surface area contributed by atoms with Crippen LogP contribution in [0.15, 0.2) is 29.5 Å². The van der Waals surface area contributed by atoms with Gasteiger partial charge in [-0.15, -0.1) is 35.3 Å². The van der Waals surface area contributed by atoms with Crippen molar-refractivity contribution < 1.29 is 0 Å². The Labute approximate surface area is 156 Å². The molecule has 120 valence electrons. The maximum atomic E-state index is 5.76. The Kier molecular flexibility index (Phi) is 8.66. The molecule has 0 bridgehead atoms. The van der Waals surface area contributed by atoms with E-state index in [9.17, 15) is 0 Å². The van der Waals surface area contributed by atoms with Crippen molar-refractivity contribution in [2.45, 2.75) is 19.9 Å². The fourth-order valence-corrected chi connectivity index (χ4v) is 2.58. The Bertz CT molecular complexity index is 600. The molecule has 0 aliphatic carbocycles. The first-order valence-electron chi connectivity index (χ1n) is 6.63. The fraction of sp³-hybridized carbons (Fsp3) is 0.357. The van der Waals surface area contributed by atoms with Crippen molar-refractivity contribution in [1.82, 2.24) is 20.6 Å². The van der Waals surface area contributed by atoms with Crippen LogP contribution in [0, 0.1) is 6.92 Å². The van der Waals surface area contributed by atoms with Crippen LogP contribution in [0.2, 0.25) is 5.15 Å². The first-order chi connectivity index (χ1) is 10.2. The van der Waals surface area contributed by atoms with Crippen LogP contribution < -0.4 is 10.6 Å². The standard InChI is InChI=1S/C14H18ClN5S.HI/c1-10-7-19-13(21-10)9-20-14(16-2)17-6-5-11-3-4-12(15)18-8-11;/h3-4,7-8H,5-6,9H2,1-2H3,(H2,16,17,20);1H. The molecule has 2 aromatic rings. The topological polar surface area (TPSA) is 62.2 Å². The average molecular weight is 452 g/mol. The number of hydrogen-bond acceptors (Lipinski definition) is 4. The van der Waals surface area contributed by atoms with Gasteiger partial charge in [-0.05, 0) is 25.0 Å². The minimum atomic E-state index is 0. The minimum Gasteiger partial charge on any atom is -0.356 e. The van der Waals surface area contributed by atoms with E-state index in [0.717, 1.165) is 29.5 Å². The molecule has 0 amide bonds. The summed E-state index contributed by atoms with van der Waals surface area (Å²) >= 11 is 7.44. The van der Waals surface area contributed by atoms with Crippen LogP contribution in [-0.2, 0) is 13.0 Å². The molecule has 2 aromatic heterocycles. The number of thiazole rings is 1. The quantitative estimate of drug-likeness (QED) is 0.317. The number of nitrogens with zero attached hydrogens (tertiary/aromatic N) is 3. The maximum Gasteiger partial charge on any atom is 0.191 e. The summed E-state index contributed by atoms with van der Waals surface area (Å²) in [5.41, 5.74) is 1.14. The summed E-state index contributed by atoms with van der Waals surface area (Å²) in [4.78, 5) is 13.8. The number of hydrogen-bond donors (Lipinski definition) is 2. The molecule has 2 N–H and O–H groups in total. The Morgan fingerprint density at radius 1 is 1.27 bits per heavy atom. The Morgan fingerprint density at radius 3 is 2.68 bits per heavy atom. The number of aromatic nitrogens is 2. The number of pyridine rings is 1. The Morgan fingerprint density at radius 2 is 2.09 bits per heavy atom. The largest absolute Gasteiger partial charge is 0.356 e. The lowest BCUT2D eigenvalue weighted by Crippen LogP contribution is -2.37. The SMILES string of the molecule is CN=C(NCCc1ccc(Cl)nc1)NCc1ncc(C)s1.I. The van der Waals surface area contributed by atoms with Crippen molar-refractivity contribution in [3.63, 3.8) is 0 Å². The molecule has 8 heteroatoms. The van der Waals surface area contributed by atoms with E-state index in [4.69, 9.17) is 11.6 Å². The van der Waals surface area contributed by atoms with E-state index < -0.39 is 0 Å². The molecule has 2 rings (SSSR count). The van der Waals surface area contributed by atoms with E-state index in [-0.39, 0.29) is 24.0 Å². The second-order valence-electron chi connectivity index (χ2n) is 4.46. The van der Waals surface area contributed by atoms with E-state index in [2.05, 4.69) is 25.6 Å². The summed E-state index contributed by atoms with van der Waals surface area (Å²) in [6.45, 7) is 3.51. The highest BCUT2D eigenvalue weighted by atomic mass is 127. The van der Waals surface area contributed by atoms with Gasteiger partial charge in [0, 0.05) is 30.9 Å². The molecule has 0 atom stereocenters. The molecule has 0 saturated carbocycles. The first kappa shape index (κ1) is 19.1. The van der Waals surface area contributed by atoms with Crippen molar-refractivity contribution in [2.24, 2.45) is 4.99 Å². The van der Waals surface area contributed by atoms with Crippen LogP contribution in [0.3, 0.4) is 0 Å². The molecule has 0 aliphatic rings. The zero-order valence-corrected chi connectivity index (χ0v) is 16.4. The van der Waals surface area contributed by atoms with Crippen molar-refractivity contribution >= 4 is 52.9 Å². The average Bonchev–Trinajstić information content (AvgIpc) is 2.90. The van der Waals surface area contributed by atoms with Gasteiger partial charge in [-0.2, -0.15) is 0 Å². The molecular formula is C14H19ClIN5S. The van der Waals surface area contributed by atoms with Crippen molar-refractivity contribution in [1.29, 1.82) is 0 Å². The van der Waals surface area contributed by atoms with E-state index in [0.29, 0.717) is 11.7 Å². The lowest BCUT2D eigenvalue weighted by molar-refractivity contribution is 0.790. The summed E-state index contributed by atoms with van der Waals surface area (Å²) in [7, 11) is 1.76. The van der Waals surface area contributed by atoms with Crippen LogP contribution in [0.4, 0.5) is 0 Å². The molecule has 5 nitrogen and oxygen atoms in total. The molecule has 2 heterocycles. The fourth-order valence-electron chi connectivity index (χ4n) is 1.74. The number of aliphatic imine (C=N–C) groups is 1. The van der Waals surface area contributed by atoms with Crippen LogP contribution >= 0.6 is 46.9 Å². The summed E-state index contributed by atoms with van der Waals surface area (Å²) < 4.78 is 0. The molecule has 0 saturated heterocycles. The third-order valence-electron chi connectivity index (χ3n) is 2.79. The molecule has 0 radical (unpaired) electrons. The van der Waals surface area contributed by atoms with Gasteiger partial charge in [0.2, 0.25) is 0 Å². The molecule has 0 aliphatic heterocycles. The second-order valence-corrected chi connectivity index (χ2v) is 6.16. The lowest BCUT2D eigenvalue weighted by atomic mass is 10.2. The predicted octanol–water partition coefficient (Wildman–Crippen LogP) is 3.03. The number of aryl methyl sites for hydroxylation is 1. The number of rotatable bonds is 5. The van der Waals surface area contributed by atoms with Gasteiger partial charge < -0.3 is 10.6 Å². The zero-order valence-electron chi connectivity index (χ0n) is 12.5. The van der Waals surface area contributed by atoms with Gasteiger partial charge in [0.05, 0.1) is 6.54 Å². The number of nitrogens with one attached hydrogen (secondary N) is 2. The summed E-state index contributed by atoms with van der Waals surface area (Å²) in [6.07, 6.45) is 4.53. The van der Waals surface area contributed by atoms with Gasteiger partial charge in [0.1, 0.15) is 10.2 Å². The van der Waals surface area contributed by atoms with Gasteiger partial charge in [-0.1, -0.05) is 17.7 Å². The molecule has 0 fully saturated rings. The summed E-state index contributed by atoms with van der Waals surface area (Å²) in [5.74, 6) is 0.768. The molecule has 0 aromatic carbocycles. The van der Waals surface area contributed by atoms with E-state index >= 15 is 0 Å². The lowest BCUT2D eigenvalue weighted by Gasteiger charge is -2.10. The van der Waals surface area contributed by atoms with Gasteiger partial charge in [-0.25, -0.2) is 9.97 Å². The van der Waals surface area contributed by atoms with E-state index in [1.807, 2.05) is 19.2 Å². The first-order valence-corrected chi connectivity index (χ1v) is 7.83. The minimum absolute atomic E-state index is 0. The van der Waals surface area contributed by atoms with Crippen LogP contribution in [0.1, 0.15) is 15.4 Å². The zero-order chi connectivity index (χ0) is 15.1. The van der Waals surface area contributed by atoms with E-state index in [1.165, 1.54) is 4.88 Å². The molecule has 0 unspecified atom stereocenters. The predicted molar refractivity (Wildman–Crippen MR) is 103 cm³/mol. The summed E-state index contributed by atoms with van der Waals surface area (Å²) in [6, 6.07) is 3.78. The highest BCUT2D eigenvalue weighted by molar-refractivity contribution is 14.0. The second kappa shape index (κ2) is 9.96. The number of halogens is 2. The highest BCUT2D eigenvalue weighted by Gasteiger charge is 2.01. The third kappa shape index (κ3) is 6.45. The number of guanidine groups is 1. The van der Waals surface area contributed by atoms with Crippen LogP contribution in [0.25, 0.3) is 0 Å². The molecule has 22 heavy (non-hydrogen) atoms. The summed E-state index contributed by atoms with van der Waals surface area (Å²) in [5, 5.41) is 8.08. The highest BCUT2D eigenvalue weighted by Crippen LogP contribution is 2.10. The van der Waals surface area contributed by atoms with Crippen molar-refractivity contribution in [3.05, 3.63) is 45.1 Å². The van der Waals surface area contributed by atoms with Gasteiger partial charge >= 0.3 is 0 Å².